The zero-order valence-corrected chi connectivity index (χ0v) is 10.8. The molecule has 0 amide bonds. The van der Waals surface area contributed by atoms with E-state index in [0.29, 0.717) is 5.56 Å². The third-order valence-corrected chi connectivity index (χ3v) is 2.87. The third-order valence-electron chi connectivity index (χ3n) is 2.87. The summed E-state index contributed by atoms with van der Waals surface area (Å²) in [4.78, 5) is 0. The van der Waals surface area contributed by atoms with Gasteiger partial charge in [0.1, 0.15) is 12.4 Å². The topological polar surface area (TPSA) is 49.7 Å². The Balaban J connectivity index is 2.09. The molecule has 2 N–H and O–H groups in total. The number of halogens is 2. The zero-order chi connectivity index (χ0) is 14.7. The first-order valence-corrected chi connectivity index (χ1v) is 6.01. The molecule has 0 saturated carbocycles. The monoisotopic (exact) mass is 278 g/mol. The van der Waals surface area contributed by atoms with Gasteiger partial charge in [-0.2, -0.15) is 0 Å². The highest BCUT2D eigenvalue weighted by Crippen LogP contribution is 2.17. The fourth-order valence-corrected chi connectivity index (χ4v) is 1.75. The van der Waals surface area contributed by atoms with Gasteiger partial charge in [0.05, 0.1) is 0 Å². The summed E-state index contributed by atoms with van der Waals surface area (Å²) in [6, 6.07) is 8.19. The first kappa shape index (κ1) is 14.5. The summed E-state index contributed by atoms with van der Waals surface area (Å²) in [6.07, 6.45) is 0. The normalized spacial score (nSPS) is 10.4. The Morgan fingerprint density at radius 2 is 1.80 bits per heavy atom. The number of aryl methyl sites for hydroxylation is 1. The molecule has 0 unspecified atom stereocenters. The minimum Gasteiger partial charge on any atom is -0.486 e. The van der Waals surface area contributed by atoms with E-state index in [9.17, 15) is 8.78 Å². The van der Waals surface area contributed by atoms with Crippen LogP contribution < -0.4 is 10.2 Å². The Bertz CT molecular complexity index is 617. The first-order valence-electron chi connectivity index (χ1n) is 6.01. The largest absolute Gasteiger partial charge is 0.488 e. The number of benzene rings is 2. The van der Waals surface area contributed by atoms with Crippen LogP contribution in [0.1, 0.15) is 11.1 Å². The van der Waals surface area contributed by atoms with E-state index in [1.54, 1.807) is 19.1 Å². The summed E-state index contributed by atoms with van der Waals surface area (Å²) >= 11 is 0. The predicted molar refractivity (Wildman–Crippen MR) is 71.7 cm³/mol. The van der Waals surface area contributed by atoms with Crippen molar-refractivity contribution in [3.8, 4) is 5.75 Å². The van der Waals surface area contributed by atoms with Gasteiger partial charge in [-0.25, -0.2) is 8.78 Å². The summed E-state index contributed by atoms with van der Waals surface area (Å²) in [5.74, 6) is -0.993. The maximum atomic E-state index is 13.6. The van der Waals surface area contributed by atoms with E-state index < -0.39 is 12.9 Å². The van der Waals surface area contributed by atoms with Crippen molar-refractivity contribution in [3.05, 3.63) is 59.2 Å². The van der Waals surface area contributed by atoms with E-state index in [1.165, 1.54) is 18.2 Å². The van der Waals surface area contributed by atoms with E-state index in [-0.39, 0.29) is 23.6 Å². The molecule has 0 saturated heterocycles. The van der Waals surface area contributed by atoms with Crippen LogP contribution in [0.4, 0.5) is 8.78 Å². The molecule has 0 bridgehead atoms. The first-order chi connectivity index (χ1) is 9.47. The lowest BCUT2D eigenvalue weighted by Gasteiger charge is -2.09. The molecule has 2 rings (SSSR count). The molecule has 0 atom stereocenters. The average molecular weight is 278 g/mol. The lowest BCUT2D eigenvalue weighted by atomic mass is 9.80. The SMILES string of the molecule is Cc1cc(COc2ccc(B(O)O)cc2F)ccc1F. The van der Waals surface area contributed by atoms with Crippen LogP contribution in [0, 0.1) is 18.6 Å². The Labute approximate surface area is 115 Å². The van der Waals surface area contributed by atoms with Crippen molar-refractivity contribution in [2.24, 2.45) is 0 Å². The molecular weight excluding hydrogens is 265 g/mol. The van der Waals surface area contributed by atoms with Crippen LogP contribution in [0.25, 0.3) is 0 Å². The quantitative estimate of drug-likeness (QED) is 0.834. The molecule has 2 aromatic carbocycles. The summed E-state index contributed by atoms with van der Waals surface area (Å²) in [6.45, 7) is 1.73. The van der Waals surface area contributed by atoms with Crippen LogP contribution >= 0.6 is 0 Å². The van der Waals surface area contributed by atoms with Gasteiger partial charge in [0.25, 0.3) is 0 Å². The van der Waals surface area contributed by atoms with Crippen molar-refractivity contribution in [1.29, 1.82) is 0 Å². The second-order valence-corrected chi connectivity index (χ2v) is 4.44. The highest BCUT2D eigenvalue weighted by molar-refractivity contribution is 6.58. The van der Waals surface area contributed by atoms with Gasteiger partial charge in [-0.15, -0.1) is 0 Å². The molecule has 6 heteroatoms. The van der Waals surface area contributed by atoms with Crippen LogP contribution in [0.15, 0.2) is 36.4 Å². The van der Waals surface area contributed by atoms with Gasteiger partial charge in [-0.1, -0.05) is 12.1 Å². The predicted octanol–water partition coefficient (Wildman–Crippen LogP) is 1.53. The second-order valence-electron chi connectivity index (χ2n) is 4.44. The van der Waals surface area contributed by atoms with Crippen LogP contribution in [0.3, 0.4) is 0 Å². The molecule has 3 nitrogen and oxygen atoms in total. The zero-order valence-electron chi connectivity index (χ0n) is 10.8. The molecule has 104 valence electrons. The molecule has 0 aliphatic rings. The van der Waals surface area contributed by atoms with Gasteiger partial charge < -0.3 is 14.8 Å². The minimum absolute atomic E-state index is 0.00335. The van der Waals surface area contributed by atoms with Crippen LogP contribution in [0.5, 0.6) is 5.75 Å². The molecule has 0 heterocycles. The Hall–Kier alpha value is -1.92. The van der Waals surface area contributed by atoms with E-state index >= 15 is 0 Å². The molecule has 0 aromatic heterocycles. The smallest absolute Gasteiger partial charge is 0.486 e. The van der Waals surface area contributed by atoms with E-state index in [1.807, 2.05) is 0 Å². The van der Waals surface area contributed by atoms with Gasteiger partial charge in [0, 0.05) is 0 Å². The van der Waals surface area contributed by atoms with E-state index in [4.69, 9.17) is 14.8 Å². The fourth-order valence-electron chi connectivity index (χ4n) is 1.75. The molecule has 0 fully saturated rings. The number of ether oxygens (including phenoxy) is 1. The average Bonchev–Trinajstić information content (AvgIpc) is 2.41. The lowest BCUT2D eigenvalue weighted by molar-refractivity contribution is 0.290. The molecule has 20 heavy (non-hydrogen) atoms. The Kier molecular flexibility index (Phi) is 4.37. The summed E-state index contributed by atoms with van der Waals surface area (Å²) < 4.78 is 32.0. The van der Waals surface area contributed by atoms with Gasteiger partial charge in [0.2, 0.25) is 0 Å². The van der Waals surface area contributed by atoms with Crippen molar-refractivity contribution < 1.29 is 23.6 Å². The summed E-state index contributed by atoms with van der Waals surface area (Å²) in [5, 5.41) is 17.8. The van der Waals surface area contributed by atoms with Gasteiger partial charge in [0.15, 0.2) is 11.6 Å². The van der Waals surface area contributed by atoms with Crippen molar-refractivity contribution in [2.45, 2.75) is 13.5 Å². The third kappa shape index (κ3) is 3.34. The second kappa shape index (κ2) is 6.03. The summed E-state index contributed by atoms with van der Waals surface area (Å²) in [5.41, 5.74) is 1.26. The van der Waals surface area contributed by atoms with Crippen molar-refractivity contribution in [3.63, 3.8) is 0 Å². The van der Waals surface area contributed by atoms with Gasteiger partial charge in [-0.3, -0.25) is 0 Å². The van der Waals surface area contributed by atoms with E-state index in [0.717, 1.165) is 11.6 Å². The molecule has 0 radical (unpaired) electrons. The van der Waals surface area contributed by atoms with E-state index in [2.05, 4.69) is 0 Å². The molecular formula is C14H13BF2O3. The van der Waals surface area contributed by atoms with Crippen molar-refractivity contribution in [1.82, 2.24) is 0 Å². The standard InChI is InChI=1S/C14H13BF2O3/c1-9-6-10(2-4-12(9)16)8-20-14-5-3-11(15(18)19)7-13(14)17/h2-7,18-19H,8H2,1H3. The van der Waals surface area contributed by atoms with Gasteiger partial charge >= 0.3 is 7.12 Å². The molecule has 0 aliphatic heterocycles. The fraction of sp³-hybridized carbons (Fsp3) is 0.143. The highest BCUT2D eigenvalue weighted by Gasteiger charge is 2.14. The maximum Gasteiger partial charge on any atom is 0.488 e. The highest BCUT2D eigenvalue weighted by atomic mass is 19.1. The van der Waals surface area contributed by atoms with Crippen LogP contribution in [0.2, 0.25) is 0 Å². The minimum atomic E-state index is -1.72. The van der Waals surface area contributed by atoms with Crippen LogP contribution in [-0.2, 0) is 6.61 Å². The number of hydrogen-bond acceptors (Lipinski definition) is 3. The molecule has 2 aromatic rings. The lowest BCUT2D eigenvalue weighted by Crippen LogP contribution is -2.29. The van der Waals surface area contributed by atoms with Crippen molar-refractivity contribution in [2.75, 3.05) is 0 Å². The number of rotatable bonds is 4. The molecule has 0 aliphatic carbocycles. The Morgan fingerprint density at radius 1 is 1.05 bits per heavy atom. The Morgan fingerprint density at radius 3 is 2.40 bits per heavy atom. The van der Waals surface area contributed by atoms with Crippen molar-refractivity contribution >= 4 is 12.6 Å². The van der Waals surface area contributed by atoms with Crippen LogP contribution in [-0.4, -0.2) is 17.2 Å². The molecule has 0 spiro atoms. The number of hydrogen-bond donors (Lipinski definition) is 2. The van der Waals surface area contributed by atoms with Gasteiger partial charge in [-0.05, 0) is 47.8 Å². The summed E-state index contributed by atoms with van der Waals surface area (Å²) in [7, 11) is -1.72. The maximum absolute atomic E-state index is 13.6.